The molecule has 2 aromatic rings. The quantitative estimate of drug-likeness (QED) is 0.494. The Morgan fingerprint density at radius 1 is 1.15 bits per heavy atom. The summed E-state index contributed by atoms with van der Waals surface area (Å²) < 4.78 is 55.2. The first kappa shape index (κ1) is 32.5. The van der Waals surface area contributed by atoms with Crippen LogP contribution in [0.4, 0.5) is 23.2 Å². The molecule has 12 heteroatoms. The Hall–Kier alpha value is -1.98. The summed E-state index contributed by atoms with van der Waals surface area (Å²) >= 11 is 0. The lowest BCUT2D eigenvalue weighted by Crippen LogP contribution is -2.60. The van der Waals surface area contributed by atoms with Gasteiger partial charge in [0.25, 0.3) is 5.92 Å². The third-order valence-corrected chi connectivity index (χ3v) is 7.98. The number of amides is 1. The molecule has 1 aromatic heterocycles. The molecule has 3 aliphatic heterocycles. The first-order chi connectivity index (χ1) is 17.9. The second-order valence-electron chi connectivity index (χ2n) is 11.7. The number of pyridine rings is 1. The predicted molar refractivity (Wildman–Crippen MR) is 152 cm³/mol. The van der Waals surface area contributed by atoms with Gasteiger partial charge in [-0.2, -0.15) is 0 Å². The summed E-state index contributed by atoms with van der Waals surface area (Å²) in [5.41, 5.74) is 2.31. The highest BCUT2D eigenvalue weighted by molar-refractivity contribution is 5.97. The van der Waals surface area contributed by atoms with E-state index in [-0.39, 0.29) is 74.2 Å². The molecule has 1 N–H and O–H groups in total. The van der Waals surface area contributed by atoms with Crippen LogP contribution >= 0.6 is 24.8 Å². The summed E-state index contributed by atoms with van der Waals surface area (Å²) in [5, 5.41) is 3.42. The van der Waals surface area contributed by atoms with E-state index in [1.54, 1.807) is 16.0 Å². The summed E-state index contributed by atoms with van der Waals surface area (Å²) in [5.74, 6) is -3.97. The second kappa shape index (κ2) is 12.5. The average Bonchev–Trinajstić information content (AvgIpc) is 3.32. The first-order valence-electron chi connectivity index (χ1n) is 13.2. The molecule has 1 amide bonds. The van der Waals surface area contributed by atoms with E-state index in [2.05, 4.69) is 36.0 Å². The highest BCUT2D eigenvalue weighted by Crippen LogP contribution is 2.40. The highest BCUT2D eigenvalue weighted by atomic mass is 35.5. The van der Waals surface area contributed by atoms with Crippen LogP contribution in [0.15, 0.2) is 30.5 Å². The summed E-state index contributed by atoms with van der Waals surface area (Å²) in [6.45, 7) is 8.74. The van der Waals surface area contributed by atoms with Crippen LogP contribution in [0, 0.1) is 11.6 Å². The van der Waals surface area contributed by atoms with Crippen molar-refractivity contribution in [1.29, 1.82) is 0 Å². The molecular weight excluding hydrogens is 569 g/mol. The van der Waals surface area contributed by atoms with Crippen molar-refractivity contribution in [2.75, 3.05) is 50.7 Å². The number of nitrogens with one attached hydrogen (secondary N) is 1. The number of benzene rings is 1. The summed E-state index contributed by atoms with van der Waals surface area (Å²) in [4.78, 5) is 23.9. The zero-order chi connectivity index (χ0) is 27.2. The van der Waals surface area contributed by atoms with Crippen molar-refractivity contribution in [2.45, 2.75) is 57.0 Å². The minimum Gasteiger partial charge on any atom is -0.311 e. The van der Waals surface area contributed by atoms with Crippen molar-refractivity contribution in [3.8, 4) is 0 Å². The summed E-state index contributed by atoms with van der Waals surface area (Å²) in [6, 6.07) is 5.45. The molecule has 222 valence electrons. The number of fused-ring (bicyclic) bond motifs is 1. The molecular formula is C28H37Cl2F4N5O. The zero-order valence-electron chi connectivity index (χ0n) is 22.9. The fourth-order valence-electron chi connectivity index (χ4n) is 5.90. The molecule has 2 saturated heterocycles. The molecule has 0 unspecified atom stereocenters. The fraction of sp³-hybridized carbons (Fsp3) is 0.571. The Bertz CT molecular complexity index is 1220. The molecule has 2 atom stereocenters. The van der Waals surface area contributed by atoms with Crippen LogP contribution in [0.1, 0.15) is 44.0 Å². The Morgan fingerprint density at radius 3 is 2.58 bits per heavy atom. The van der Waals surface area contributed by atoms with Crippen molar-refractivity contribution in [3.63, 3.8) is 0 Å². The lowest BCUT2D eigenvalue weighted by molar-refractivity contribution is -0.120. The van der Waals surface area contributed by atoms with Crippen LogP contribution in [0.5, 0.6) is 0 Å². The van der Waals surface area contributed by atoms with Crippen LogP contribution in [-0.4, -0.2) is 84.5 Å². The van der Waals surface area contributed by atoms with Crippen molar-refractivity contribution in [2.24, 2.45) is 0 Å². The van der Waals surface area contributed by atoms with Crippen molar-refractivity contribution >= 4 is 36.4 Å². The van der Waals surface area contributed by atoms with Gasteiger partial charge in [0.2, 0.25) is 5.91 Å². The SMILES string of the molecule is C[C@@H]1CN(CC(=O)N2CC(C)(C)c3cnc(Cc4ccc(F)cc4F)cc32)[C@@H](CN2CCC(F)(F)C2)CN1.Cl.Cl. The maximum Gasteiger partial charge on any atom is 0.261 e. The van der Waals surface area contributed by atoms with Gasteiger partial charge >= 0.3 is 0 Å². The maximum atomic E-state index is 14.3. The maximum absolute atomic E-state index is 14.3. The topological polar surface area (TPSA) is 51.7 Å². The Morgan fingerprint density at radius 2 is 1.90 bits per heavy atom. The van der Waals surface area contributed by atoms with E-state index in [1.807, 2.05) is 6.07 Å². The van der Waals surface area contributed by atoms with E-state index in [1.165, 1.54) is 12.1 Å². The van der Waals surface area contributed by atoms with Gasteiger partial charge in [0.15, 0.2) is 0 Å². The van der Waals surface area contributed by atoms with Gasteiger partial charge in [-0.15, -0.1) is 24.8 Å². The van der Waals surface area contributed by atoms with Gasteiger partial charge in [-0.1, -0.05) is 19.9 Å². The molecule has 4 heterocycles. The summed E-state index contributed by atoms with van der Waals surface area (Å²) in [6.07, 6.45) is 1.81. The summed E-state index contributed by atoms with van der Waals surface area (Å²) in [7, 11) is 0. The monoisotopic (exact) mass is 605 g/mol. The number of carbonyl (C=O) groups is 1. The van der Waals surface area contributed by atoms with Crippen LogP contribution < -0.4 is 10.2 Å². The third-order valence-electron chi connectivity index (χ3n) is 7.98. The van der Waals surface area contributed by atoms with Gasteiger partial charge in [0.1, 0.15) is 11.6 Å². The number of alkyl halides is 2. The molecule has 6 nitrogen and oxygen atoms in total. The van der Waals surface area contributed by atoms with E-state index >= 15 is 0 Å². The lowest BCUT2D eigenvalue weighted by Gasteiger charge is -2.41. The first-order valence-corrected chi connectivity index (χ1v) is 13.2. The van der Waals surface area contributed by atoms with Crippen LogP contribution in [0.25, 0.3) is 0 Å². The second-order valence-corrected chi connectivity index (χ2v) is 11.7. The van der Waals surface area contributed by atoms with Gasteiger partial charge < -0.3 is 10.2 Å². The molecule has 40 heavy (non-hydrogen) atoms. The third kappa shape index (κ3) is 7.07. The molecule has 0 bridgehead atoms. The number of aromatic nitrogens is 1. The van der Waals surface area contributed by atoms with E-state index in [0.29, 0.717) is 44.0 Å². The van der Waals surface area contributed by atoms with Crippen LogP contribution in [0.3, 0.4) is 0 Å². The highest BCUT2D eigenvalue weighted by Gasteiger charge is 2.42. The number of likely N-dealkylation sites (tertiary alicyclic amines) is 1. The Balaban J connectivity index is 0.00000220. The van der Waals surface area contributed by atoms with Crippen LogP contribution in [0.2, 0.25) is 0 Å². The number of hydrogen-bond acceptors (Lipinski definition) is 5. The molecule has 3 aliphatic rings. The number of halogens is 6. The number of nitrogens with zero attached hydrogens (tertiary/aromatic N) is 4. The fourth-order valence-corrected chi connectivity index (χ4v) is 5.90. The van der Waals surface area contributed by atoms with E-state index in [4.69, 9.17) is 0 Å². The lowest BCUT2D eigenvalue weighted by atomic mass is 9.88. The van der Waals surface area contributed by atoms with Crippen molar-refractivity contribution in [3.05, 3.63) is 58.9 Å². The number of piperazine rings is 1. The van der Waals surface area contributed by atoms with E-state index in [0.717, 1.165) is 17.3 Å². The standard InChI is InChI=1S/C28H35F4N5O.2ClH/c1-18-13-36(22(11-33-18)14-35-7-6-28(31,32)17-35)15-26(38)37-16-27(2,3)23-12-34-21(10-25(23)37)8-19-4-5-20(29)9-24(19)30;;/h4-5,9-10,12,18,22,33H,6-8,11,13-17H2,1-3H3;2*1H/t18-,22-;;/m1../s1. The molecule has 0 aliphatic carbocycles. The van der Waals surface area contributed by atoms with Gasteiger partial charge in [0, 0.05) is 86.6 Å². The predicted octanol–water partition coefficient (Wildman–Crippen LogP) is 4.42. The number of carbonyl (C=O) groups excluding carboxylic acids is 1. The van der Waals surface area contributed by atoms with Gasteiger partial charge in [-0.25, -0.2) is 17.6 Å². The van der Waals surface area contributed by atoms with E-state index < -0.39 is 17.6 Å². The molecule has 0 spiro atoms. The number of hydrogen-bond donors (Lipinski definition) is 1. The van der Waals surface area contributed by atoms with Gasteiger partial charge in [-0.3, -0.25) is 19.6 Å². The van der Waals surface area contributed by atoms with Crippen molar-refractivity contribution < 1.29 is 22.4 Å². The average molecular weight is 607 g/mol. The van der Waals surface area contributed by atoms with Crippen LogP contribution in [-0.2, 0) is 16.6 Å². The number of rotatable bonds is 6. The molecule has 5 rings (SSSR count). The smallest absolute Gasteiger partial charge is 0.261 e. The Kier molecular flexibility index (Phi) is 10.2. The van der Waals surface area contributed by atoms with Gasteiger partial charge in [-0.05, 0) is 24.6 Å². The molecule has 1 aromatic carbocycles. The van der Waals surface area contributed by atoms with Gasteiger partial charge in [0.05, 0.1) is 18.8 Å². The minimum absolute atomic E-state index is 0. The minimum atomic E-state index is -2.65. The van der Waals surface area contributed by atoms with Crippen molar-refractivity contribution in [1.82, 2.24) is 20.1 Å². The Labute approximate surface area is 245 Å². The largest absolute Gasteiger partial charge is 0.311 e. The number of anilines is 1. The molecule has 2 fully saturated rings. The molecule has 0 saturated carbocycles. The van der Waals surface area contributed by atoms with E-state index in [9.17, 15) is 22.4 Å². The normalized spacial score (nSPS) is 23.8. The zero-order valence-corrected chi connectivity index (χ0v) is 24.6. The molecule has 0 radical (unpaired) electrons.